The van der Waals surface area contributed by atoms with E-state index in [0.29, 0.717) is 12.0 Å². The lowest BCUT2D eigenvalue weighted by Gasteiger charge is -2.26. The smallest absolute Gasteiger partial charge is 0.255 e. The van der Waals surface area contributed by atoms with Crippen LogP contribution in [0, 0.1) is 26.7 Å². The van der Waals surface area contributed by atoms with Crippen molar-refractivity contribution in [1.29, 1.82) is 0 Å². The molecule has 4 rings (SSSR count). The summed E-state index contributed by atoms with van der Waals surface area (Å²) >= 11 is 0. The predicted octanol–water partition coefficient (Wildman–Crippen LogP) is 4.17. The zero-order valence-electron chi connectivity index (χ0n) is 14.2. The minimum atomic E-state index is 0.220. The lowest BCUT2D eigenvalue weighted by Crippen LogP contribution is -2.35. The van der Waals surface area contributed by atoms with Gasteiger partial charge in [0.2, 0.25) is 0 Å². The van der Waals surface area contributed by atoms with Crippen LogP contribution in [-0.2, 0) is 0 Å². The van der Waals surface area contributed by atoms with Crippen molar-refractivity contribution >= 4 is 16.8 Å². The molecule has 120 valence electrons. The van der Waals surface area contributed by atoms with E-state index < -0.39 is 0 Å². The van der Waals surface area contributed by atoms with Gasteiger partial charge in [-0.2, -0.15) is 0 Å². The first-order valence-electron chi connectivity index (χ1n) is 8.73. The SMILES string of the molecule is Cc1ccc2nc(C)c(C)c(C(=O)N3C[C@H]4CCC[C@@H]3C4)c2c1. The minimum absolute atomic E-state index is 0.220. The minimum Gasteiger partial charge on any atom is -0.335 e. The number of amides is 1. The lowest BCUT2D eigenvalue weighted by atomic mass is 9.90. The van der Waals surface area contributed by atoms with E-state index >= 15 is 0 Å². The standard InChI is InChI=1S/C20H24N2O/c1-12-7-8-18-17(9-12)19(13(2)14(3)21-18)20(23)22-11-15-5-4-6-16(22)10-15/h7-9,15-16H,4-6,10-11H2,1-3H3/t15-,16+/m0/s1. The fourth-order valence-electron chi connectivity index (χ4n) is 4.40. The van der Waals surface area contributed by atoms with Crippen LogP contribution in [0.1, 0.15) is 52.9 Å². The van der Waals surface area contributed by atoms with Crippen LogP contribution in [-0.4, -0.2) is 28.4 Å². The van der Waals surface area contributed by atoms with E-state index in [-0.39, 0.29) is 5.91 Å². The van der Waals surface area contributed by atoms with Gasteiger partial charge in [0.15, 0.2) is 0 Å². The van der Waals surface area contributed by atoms with Crippen LogP contribution in [0.4, 0.5) is 0 Å². The highest BCUT2D eigenvalue weighted by molar-refractivity contribution is 6.08. The first-order chi connectivity index (χ1) is 11.0. The molecular weight excluding hydrogens is 284 g/mol. The summed E-state index contributed by atoms with van der Waals surface area (Å²) in [6, 6.07) is 6.68. The predicted molar refractivity (Wildman–Crippen MR) is 92.7 cm³/mol. The van der Waals surface area contributed by atoms with Crippen LogP contribution in [0.5, 0.6) is 0 Å². The van der Waals surface area contributed by atoms with Crippen LogP contribution < -0.4 is 0 Å². The quantitative estimate of drug-likeness (QED) is 0.792. The van der Waals surface area contributed by atoms with Crippen LogP contribution in [0.3, 0.4) is 0 Å². The van der Waals surface area contributed by atoms with E-state index in [1.165, 1.54) is 31.2 Å². The largest absolute Gasteiger partial charge is 0.335 e. The Balaban J connectivity index is 1.85. The van der Waals surface area contributed by atoms with E-state index in [9.17, 15) is 4.79 Å². The zero-order valence-corrected chi connectivity index (χ0v) is 14.2. The molecule has 23 heavy (non-hydrogen) atoms. The number of fused-ring (bicyclic) bond motifs is 3. The molecule has 0 spiro atoms. The third-order valence-corrected chi connectivity index (χ3v) is 5.75. The average molecular weight is 308 g/mol. The molecule has 2 aliphatic rings. The Morgan fingerprint density at radius 3 is 2.83 bits per heavy atom. The average Bonchev–Trinajstić information content (AvgIpc) is 2.83. The van der Waals surface area contributed by atoms with Crippen molar-refractivity contribution in [3.05, 3.63) is 40.6 Å². The number of aryl methyl sites for hydroxylation is 2. The molecule has 1 aliphatic heterocycles. The third kappa shape index (κ3) is 2.34. The molecule has 0 unspecified atom stereocenters. The summed E-state index contributed by atoms with van der Waals surface area (Å²) in [5, 5.41) is 1.01. The van der Waals surface area contributed by atoms with E-state index in [4.69, 9.17) is 0 Å². The number of likely N-dealkylation sites (tertiary alicyclic amines) is 1. The Morgan fingerprint density at radius 2 is 2.04 bits per heavy atom. The van der Waals surface area contributed by atoms with Crippen molar-refractivity contribution in [3.8, 4) is 0 Å². The number of pyridine rings is 1. The lowest BCUT2D eigenvalue weighted by molar-refractivity contribution is 0.0734. The number of hydrogen-bond acceptors (Lipinski definition) is 2. The summed E-state index contributed by atoms with van der Waals surface area (Å²) < 4.78 is 0. The molecule has 1 saturated carbocycles. The number of benzene rings is 1. The van der Waals surface area contributed by atoms with Gasteiger partial charge in [-0.25, -0.2) is 0 Å². The van der Waals surface area contributed by atoms with E-state index in [1.807, 2.05) is 19.9 Å². The molecule has 1 amide bonds. The van der Waals surface area contributed by atoms with Crippen molar-refractivity contribution in [1.82, 2.24) is 9.88 Å². The van der Waals surface area contributed by atoms with Crippen LogP contribution >= 0.6 is 0 Å². The molecule has 3 heteroatoms. The van der Waals surface area contributed by atoms with Gasteiger partial charge in [-0.15, -0.1) is 0 Å². The number of hydrogen-bond donors (Lipinski definition) is 0. The highest BCUT2D eigenvalue weighted by Crippen LogP contribution is 2.37. The molecule has 0 radical (unpaired) electrons. The zero-order chi connectivity index (χ0) is 16.1. The van der Waals surface area contributed by atoms with Crippen molar-refractivity contribution in [2.24, 2.45) is 5.92 Å². The van der Waals surface area contributed by atoms with Gasteiger partial charge in [-0.05, 0) is 63.6 Å². The highest BCUT2D eigenvalue weighted by Gasteiger charge is 2.38. The maximum Gasteiger partial charge on any atom is 0.255 e. The summed E-state index contributed by atoms with van der Waals surface area (Å²) in [4.78, 5) is 20.2. The normalized spacial score (nSPS) is 23.5. The fraction of sp³-hybridized carbons (Fsp3) is 0.500. The Hall–Kier alpha value is -1.90. The summed E-state index contributed by atoms with van der Waals surface area (Å²) in [6.07, 6.45) is 4.93. The van der Waals surface area contributed by atoms with Gasteiger partial charge in [0.25, 0.3) is 5.91 Å². The van der Waals surface area contributed by atoms with Crippen molar-refractivity contribution in [3.63, 3.8) is 0 Å². The Labute approximate surface area is 137 Å². The topological polar surface area (TPSA) is 33.2 Å². The third-order valence-electron chi connectivity index (χ3n) is 5.75. The second-order valence-electron chi connectivity index (χ2n) is 7.36. The number of aromatic nitrogens is 1. The maximum absolute atomic E-state index is 13.4. The Morgan fingerprint density at radius 1 is 1.22 bits per heavy atom. The van der Waals surface area contributed by atoms with Crippen molar-refractivity contribution < 1.29 is 4.79 Å². The van der Waals surface area contributed by atoms with Gasteiger partial charge in [0, 0.05) is 23.7 Å². The number of carbonyl (C=O) groups excluding carboxylic acids is 1. The molecule has 1 aromatic heterocycles. The first kappa shape index (κ1) is 14.7. The van der Waals surface area contributed by atoms with Gasteiger partial charge in [0.05, 0.1) is 11.1 Å². The second kappa shape index (κ2) is 5.33. The van der Waals surface area contributed by atoms with Crippen LogP contribution in [0.25, 0.3) is 10.9 Å². The van der Waals surface area contributed by atoms with Gasteiger partial charge in [-0.1, -0.05) is 18.1 Å². The number of nitrogens with zero attached hydrogens (tertiary/aromatic N) is 2. The molecule has 2 atom stereocenters. The summed E-state index contributed by atoms with van der Waals surface area (Å²) in [6.45, 7) is 7.07. The second-order valence-corrected chi connectivity index (χ2v) is 7.36. The van der Waals surface area contributed by atoms with Crippen LogP contribution in [0.2, 0.25) is 0 Å². The molecule has 2 heterocycles. The van der Waals surface area contributed by atoms with E-state index in [1.54, 1.807) is 0 Å². The number of carbonyl (C=O) groups is 1. The number of rotatable bonds is 1. The van der Waals surface area contributed by atoms with E-state index in [2.05, 4.69) is 28.9 Å². The molecule has 3 nitrogen and oxygen atoms in total. The molecular formula is C20H24N2O. The molecule has 1 aromatic carbocycles. The Bertz CT molecular complexity index is 796. The van der Waals surface area contributed by atoms with Crippen LogP contribution in [0.15, 0.2) is 18.2 Å². The monoisotopic (exact) mass is 308 g/mol. The molecule has 1 aliphatic carbocycles. The van der Waals surface area contributed by atoms with E-state index in [0.717, 1.165) is 34.3 Å². The molecule has 2 fully saturated rings. The molecule has 0 N–H and O–H groups in total. The van der Waals surface area contributed by atoms with Crippen molar-refractivity contribution in [2.45, 2.75) is 52.5 Å². The van der Waals surface area contributed by atoms with Gasteiger partial charge in [-0.3, -0.25) is 9.78 Å². The summed E-state index contributed by atoms with van der Waals surface area (Å²) in [5.41, 5.74) is 4.99. The van der Waals surface area contributed by atoms with Gasteiger partial charge >= 0.3 is 0 Å². The highest BCUT2D eigenvalue weighted by atomic mass is 16.2. The molecule has 2 aromatic rings. The van der Waals surface area contributed by atoms with Crippen molar-refractivity contribution in [2.75, 3.05) is 6.54 Å². The molecule has 2 bridgehead atoms. The maximum atomic E-state index is 13.4. The van der Waals surface area contributed by atoms with Gasteiger partial charge < -0.3 is 4.90 Å². The fourth-order valence-corrected chi connectivity index (χ4v) is 4.40. The summed E-state index contributed by atoms with van der Waals surface area (Å²) in [5.74, 6) is 0.937. The Kier molecular flexibility index (Phi) is 3.40. The summed E-state index contributed by atoms with van der Waals surface area (Å²) in [7, 11) is 0. The molecule has 1 saturated heterocycles. The van der Waals surface area contributed by atoms with Gasteiger partial charge in [0.1, 0.15) is 0 Å². The first-order valence-corrected chi connectivity index (χ1v) is 8.73.